The second-order valence-electron chi connectivity index (χ2n) is 12.0. The molecule has 0 unspecified atom stereocenters. The zero-order chi connectivity index (χ0) is 34.3. The molecule has 4 heterocycles. The van der Waals surface area contributed by atoms with Crippen LogP contribution in [0.2, 0.25) is 0 Å². The number of hydrogen-bond acceptors (Lipinski definition) is 10. The normalized spacial score (nSPS) is 16.0. The summed E-state index contributed by atoms with van der Waals surface area (Å²) in [5, 5.41) is 10.9. The number of benzene rings is 2. The van der Waals surface area contributed by atoms with Crippen molar-refractivity contribution in [1.82, 2.24) is 19.4 Å². The van der Waals surface area contributed by atoms with Crippen LogP contribution in [-0.2, 0) is 50.8 Å². The van der Waals surface area contributed by atoms with Gasteiger partial charge in [0.15, 0.2) is 0 Å². The fraction of sp³-hybridized carbons (Fsp3) is 0.343. The Balaban J connectivity index is 1.24. The Morgan fingerprint density at radius 3 is 2.42 bits per heavy atom. The first-order valence-electron chi connectivity index (χ1n) is 15.7. The van der Waals surface area contributed by atoms with Crippen LogP contribution in [0.25, 0.3) is 22.3 Å². The van der Waals surface area contributed by atoms with Gasteiger partial charge < -0.3 is 39.4 Å². The van der Waals surface area contributed by atoms with Crippen LogP contribution in [0.15, 0.2) is 53.3 Å². The summed E-state index contributed by atoms with van der Waals surface area (Å²) in [6.07, 6.45) is -0.755. The molecule has 2 aliphatic rings. The molecule has 6 rings (SSSR count). The molecule has 0 aliphatic carbocycles. The van der Waals surface area contributed by atoms with Crippen molar-refractivity contribution in [3.8, 4) is 17.1 Å². The summed E-state index contributed by atoms with van der Waals surface area (Å²) in [6, 6.07) is 13.6. The van der Waals surface area contributed by atoms with E-state index in [-0.39, 0.29) is 61.7 Å². The number of carbonyl (C=O) groups excluding carboxylic acids is 3. The van der Waals surface area contributed by atoms with E-state index in [0.717, 1.165) is 22.1 Å². The van der Waals surface area contributed by atoms with Crippen LogP contribution in [0.1, 0.15) is 48.1 Å². The number of nitrogens with zero attached hydrogens (tertiary/aromatic N) is 4. The van der Waals surface area contributed by atoms with E-state index in [0.29, 0.717) is 29.0 Å². The van der Waals surface area contributed by atoms with Crippen molar-refractivity contribution in [3.63, 3.8) is 0 Å². The number of carbonyl (C=O) groups is 3. The van der Waals surface area contributed by atoms with Crippen molar-refractivity contribution in [2.24, 2.45) is 0 Å². The van der Waals surface area contributed by atoms with Gasteiger partial charge in [0.25, 0.3) is 5.56 Å². The van der Waals surface area contributed by atoms with Crippen molar-refractivity contribution < 1.29 is 33.7 Å². The SMILES string of the molecule is CCc1c2c(nc3ccc(O)cc13)-c1cc3c(c(=O)n1C2)COC(=O)[C@@]3(CC)OC(=O)N(C)CCN(C)C(=O)OCc1ccc(N)cc1. The number of aryl methyl sites for hydroxylation is 1. The molecular formula is C35H37N5O8. The van der Waals surface area contributed by atoms with E-state index in [9.17, 15) is 24.3 Å². The zero-order valence-electron chi connectivity index (χ0n) is 27.2. The number of nitrogens with two attached hydrogens (primary N) is 1. The number of fused-ring (bicyclic) bond motifs is 5. The van der Waals surface area contributed by atoms with Crippen LogP contribution in [0.4, 0.5) is 15.3 Å². The number of aromatic nitrogens is 2. The van der Waals surface area contributed by atoms with Gasteiger partial charge in [-0.2, -0.15) is 0 Å². The number of amides is 2. The highest BCUT2D eigenvalue weighted by Gasteiger charge is 2.51. The Kier molecular flexibility index (Phi) is 8.46. The standard InChI is InChI=1S/C35H37N5O8/c1-5-23-24-15-22(41)11-12-28(24)37-30-25(23)17-40-29(30)16-27-26(31(40)42)19-46-32(43)35(27,6-2)48-34(45)39(4)14-13-38(3)33(44)47-18-20-7-9-21(36)10-8-20/h7-12,15-16,41H,5-6,13-14,17-19,36H2,1-4H3/t35-/m0/s1. The van der Waals surface area contributed by atoms with E-state index in [2.05, 4.69) is 0 Å². The van der Waals surface area contributed by atoms with E-state index < -0.39 is 23.8 Å². The van der Waals surface area contributed by atoms with E-state index in [1.807, 2.05) is 6.92 Å². The highest BCUT2D eigenvalue weighted by atomic mass is 16.6. The molecule has 13 heteroatoms. The fourth-order valence-corrected chi connectivity index (χ4v) is 6.29. The third-order valence-corrected chi connectivity index (χ3v) is 9.11. The predicted molar refractivity (Wildman–Crippen MR) is 176 cm³/mol. The van der Waals surface area contributed by atoms with Crippen molar-refractivity contribution in [1.29, 1.82) is 0 Å². The second-order valence-corrected chi connectivity index (χ2v) is 12.0. The highest BCUT2D eigenvalue weighted by Crippen LogP contribution is 2.42. The van der Waals surface area contributed by atoms with Crippen LogP contribution in [-0.4, -0.2) is 69.8 Å². The number of hydrogen-bond donors (Lipinski definition) is 2. The number of esters is 1. The lowest BCUT2D eigenvalue weighted by Gasteiger charge is -2.36. The number of cyclic esters (lactones) is 1. The molecule has 13 nitrogen and oxygen atoms in total. The van der Waals surface area contributed by atoms with Gasteiger partial charge in [-0.05, 0) is 60.4 Å². The molecule has 4 aromatic rings. The molecule has 0 spiro atoms. The van der Waals surface area contributed by atoms with Gasteiger partial charge in [0.1, 0.15) is 19.0 Å². The van der Waals surface area contributed by atoms with Crippen LogP contribution >= 0.6 is 0 Å². The summed E-state index contributed by atoms with van der Waals surface area (Å²) in [5.41, 5.74) is 8.93. The molecule has 1 atom stereocenters. The number of nitrogen functional groups attached to an aromatic ring is 1. The molecule has 0 saturated heterocycles. The molecule has 0 radical (unpaired) electrons. The lowest BCUT2D eigenvalue weighted by atomic mass is 9.85. The topological polar surface area (TPSA) is 167 Å². The summed E-state index contributed by atoms with van der Waals surface area (Å²) < 4.78 is 18.4. The first-order chi connectivity index (χ1) is 23.0. The van der Waals surface area contributed by atoms with Crippen molar-refractivity contribution in [2.75, 3.05) is 32.9 Å². The number of anilines is 1. The number of phenols is 1. The quantitative estimate of drug-likeness (QED) is 0.140. The number of rotatable bonds is 8. The van der Waals surface area contributed by atoms with Gasteiger partial charge in [-0.25, -0.2) is 19.4 Å². The minimum atomic E-state index is -1.88. The molecular weight excluding hydrogens is 618 g/mol. The molecule has 250 valence electrons. The van der Waals surface area contributed by atoms with Crippen LogP contribution < -0.4 is 11.3 Å². The summed E-state index contributed by atoms with van der Waals surface area (Å²) in [5.74, 6) is -0.653. The maximum atomic E-state index is 13.9. The van der Waals surface area contributed by atoms with Gasteiger partial charge in [0.05, 0.1) is 29.0 Å². The van der Waals surface area contributed by atoms with E-state index >= 15 is 0 Å². The molecule has 2 aromatic heterocycles. The van der Waals surface area contributed by atoms with Crippen LogP contribution in [0.5, 0.6) is 5.75 Å². The first-order valence-corrected chi connectivity index (χ1v) is 15.7. The van der Waals surface area contributed by atoms with Crippen LogP contribution in [0.3, 0.4) is 0 Å². The Labute approximate surface area is 276 Å². The molecule has 0 saturated carbocycles. The van der Waals surface area contributed by atoms with Gasteiger partial charge in [-0.15, -0.1) is 0 Å². The molecule has 2 amide bonds. The minimum Gasteiger partial charge on any atom is -0.508 e. The number of phenolic OH excluding ortho intramolecular Hbond substituents is 1. The number of pyridine rings is 2. The van der Waals surface area contributed by atoms with Crippen molar-refractivity contribution in [2.45, 2.75) is 52.0 Å². The van der Waals surface area contributed by atoms with E-state index in [1.165, 1.54) is 16.8 Å². The second kappa shape index (κ2) is 12.5. The maximum Gasteiger partial charge on any atom is 0.411 e. The average molecular weight is 656 g/mol. The van der Waals surface area contributed by atoms with Crippen molar-refractivity contribution >= 4 is 34.7 Å². The molecule has 0 fully saturated rings. The maximum absolute atomic E-state index is 13.9. The Bertz CT molecular complexity index is 2010. The molecule has 0 bridgehead atoms. The molecule has 48 heavy (non-hydrogen) atoms. The fourth-order valence-electron chi connectivity index (χ4n) is 6.29. The van der Waals surface area contributed by atoms with E-state index in [4.69, 9.17) is 24.9 Å². The van der Waals surface area contributed by atoms with Crippen molar-refractivity contribution in [3.05, 3.63) is 86.7 Å². The Morgan fingerprint density at radius 1 is 1.02 bits per heavy atom. The highest BCUT2D eigenvalue weighted by molar-refractivity contribution is 5.90. The van der Waals surface area contributed by atoms with E-state index in [1.54, 1.807) is 67.1 Å². The van der Waals surface area contributed by atoms with Crippen LogP contribution in [0, 0.1) is 0 Å². The lowest BCUT2D eigenvalue weighted by Crippen LogP contribution is -2.49. The number of likely N-dealkylation sites (N-methyl/N-ethyl adjacent to an activating group) is 2. The summed E-state index contributed by atoms with van der Waals surface area (Å²) in [6.45, 7) is 3.94. The van der Waals surface area contributed by atoms with Gasteiger partial charge in [0, 0.05) is 49.4 Å². The average Bonchev–Trinajstić information content (AvgIpc) is 3.45. The number of aromatic hydroxyl groups is 1. The van der Waals surface area contributed by atoms with Gasteiger partial charge in [0.2, 0.25) is 5.60 Å². The lowest BCUT2D eigenvalue weighted by molar-refractivity contribution is -0.173. The number of ether oxygens (including phenoxy) is 3. The first kappa shape index (κ1) is 32.4. The third-order valence-electron chi connectivity index (χ3n) is 9.11. The largest absolute Gasteiger partial charge is 0.508 e. The van der Waals surface area contributed by atoms with Gasteiger partial charge in [-0.1, -0.05) is 26.0 Å². The summed E-state index contributed by atoms with van der Waals surface area (Å²) >= 11 is 0. The molecule has 3 N–H and O–H groups in total. The monoisotopic (exact) mass is 655 g/mol. The summed E-state index contributed by atoms with van der Waals surface area (Å²) in [7, 11) is 3.03. The predicted octanol–water partition coefficient (Wildman–Crippen LogP) is 4.27. The Morgan fingerprint density at radius 2 is 1.73 bits per heavy atom. The molecule has 2 aromatic carbocycles. The summed E-state index contributed by atoms with van der Waals surface area (Å²) in [4.78, 5) is 60.8. The third kappa shape index (κ3) is 5.54. The van der Waals surface area contributed by atoms with Gasteiger partial charge in [-0.3, -0.25) is 4.79 Å². The van der Waals surface area contributed by atoms with Gasteiger partial charge >= 0.3 is 18.2 Å². The smallest absolute Gasteiger partial charge is 0.411 e. The Hall–Kier alpha value is -5.59. The zero-order valence-corrected chi connectivity index (χ0v) is 27.2. The molecule has 2 aliphatic heterocycles. The minimum absolute atomic E-state index is 0.0101.